The van der Waals surface area contributed by atoms with Gasteiger partial charge in [-0.25, -0.2) is 9.97 Å². The summed E-state index contributed by atoms with van der Waals surface area (Å²) < 4.78 is 15.9. The minimum absolute atomic E-state index is 0.0833. The minimum Gasteiger partial charge on any atom is -0.493 e. The van der Waals surface area contributed by atoms with Crippen molar-refractivity contribution in [2.45, 2.75) is 6.04 Å². The van der Waals surface area contributed by atoms with Crippen LogP contribution in [0.4, 0.5) is 5.82 Å². The summed E-state index contributed by atoms with van der Waals surface area (Å²) in [4.78, 5) is 22.4. The monoisotopic (exact) mass is 344 g/mol. The van der Waals surface area contributed by atoms with Crippen LogP contribution in [0.5, 0.6) is 17.2 Å². The fraction of sp³-hybridized carbons (Fsp3) is 0.353. The number of ether oxygens (including phenoxy) is 3. The van der Waals surface area contributed by atoms with Crippen LogP contribution >= 0.6 is 0 Å². The van der Waals surface area contributed by atoms with Gasteiger partial charge in [-0.15, -0.1) is 0 Å². The van der Waals surface area contributed by atoms with E-state index in [1.807, 2.05) is 0 Å². The van der Waals surface area contributed by atoms with Crippen molar-refractivity contribution in [2.75, 3.05) is 39.7 Å². The van der Waals surface area contributed by atoms with Crippen molar-refractivity contribution in [3.05, 3.63) is 36.3 Å². The number of aromatic nitrogens is 2. The Morgan fingerprint density at radius 2 is 1.84 bits per heavy atom. The number of carbonyl (C=O) groups excluding carboxylic acids is 1. The third kappa shape index (κ3) is 3.42. The average Bonchev–Trinajstić information content (AvgIpc) is 2.63. The quantitative estimate of drug-likeness (QED) is 0.848. The average molecular weight is 344 g/mol. The Morgan fingerprint density at radius 1 is 1.16 bits per heavy atom. The third-order valence-electron chi connectivity index (χ3n) is 4.01. The third-order valence-corrected chi connectivity index (χ3v) is 4.01. The van der Waals surface area contributed by atoms with Crippen LogP contribution in [0.25, 0.3) is 0 Å². The lowest BCUT2D eigenvalue weighted by Crippen LogP contribution is -2.57. The molecule has 0 saturated carbocycles. The molecule has 0 bridgehead atoms. The van der Waals surface area contributed by atoms with Crippen molar-refractivity contribution in [3.8, 4) is 17.2 Å². The molecule has 1 aliphatic rings. The zero-order chi connectivity index (χ0) is 17.8. The SMILES string of the molecule is COc1cc(C(=O)N2CC(Nc3ccncn3)C2)cc(OC)c1OC. The standard InChI is InChI=1S/C17H20N4O4/c1-23-13-6-11(7-14(24-2)16(13)25-3)17(22)21-8-12(9-21)20-15-4-5-18-10-19-15/h4-7,10,12H,8-9H2,1-3H3,(H,18,19,20). The lowest BCUT2D eigenvalue weighted by Gasteiger charge is -2.39. The maximum absolute atomic E-state index is 12.7. The maximum Gasteiger partial charge on any atom is 0.254 e. The van der Waals surface area contributed by atoms with E-state index in [4.69, 9.17) is 14.2 Å². The molecule has 2 aromatic rings. The number of rotatable bonds is 6. The molecule has 1 saturated heterocycles. The van der Waals surface area contributed by atoms with Crippen molar-refractivity contribution in [3.63, 3.8) is 0 Å². The number of likely N-dealkylation sites (tertiary alicyclic amines) is 1. The molecule has 8 nitrogen and oxygen atoms in total. The number of nitrogens with one attached hydrogen (secondary N) is 1. The summed E-state index contributed by atoms with van der Waals surface area (Å²) in [5.74, 6) is 2.05. The van der Waals surface area contributed by atoms with Gasteiger partial charge < -0.3 is 24.4 Å². The lowest BCUT2D eigenvalue weighted by molar-refractivity contribution is 0.0624. The van der Waals surface area contributed by atoms with E-state index in [1.165, 1.54) is 27.7 Å². The summed E-state index contributed by atoms with van der Waals surface area (Å²) in [6.45, 7) is 1.19. The van der Waals surface area contributed by atoms with Crippen LogP contribution in [0.3, 0.4) is 0 Å². The van der Waals surface area contributed by atoms with Gasteiger partial charge in [-0.05, 0) is 18.2 Å². The van der Waals surface area contributed by atoms with E-state index in [2.05, 4.69) is 15.3 Å². The summed E-state index contributed by atoms with van der Waals surface area (Å²) >= 11 is 0. The molecule has 25 heavy (non-hydrogen) atoms. The molecule has 1 amide bonds. The highest BCUT2D eigenvalue weighted by molar-refractivity contribution is 5.96. The van der Waals surface area contributed by atoms with Gasteiger partial charge in [0.2, 0.25) is 5.75 Å². The molecule has 132 valence electrons. The van der Waals surface area contributed by atoms with Crippen molar-refractivity contribution >= 4 is 11.7 Å². The van der Waals surface area contributed by atoms with Gasteiger partial charge in [0.1, 0.15) is 12.1 Å². The second kappa shape index (κ2) is 7.25. The Morgan fingerprint density at radius 3 is 2.36 bits per heavy atom. The summed E-state index contributed by atoms with van der Waals surface area (Å²) in [6.07, 6.45) is 3.16. The van der Waals surface area contributed by atoms with Crippen molar-refractivity contribution in [1.29, 1.82) is 0 Å². The Kier molecular flexibility index (Phi) is 4.87. The Hall–Kier alpha value is -3.03. The van der Waals surface area contributed by atoms with Crippen molar-refractivity contribution < 1.29 is 19.0 Å². The molecule has 0 unspecified atom stereocenters. The van der Waals surface area contributed by atoms with Gasteiger partial charge in [0.05, 0.1) is 27.4 Å². The number of amides is 1. The Bertz CT molecular complexity index is 723. The van der Waals surface area contributed by atoms with Crippen LogP contribution < -0.4 is 19.5 Å². The molecular formula is C17H20N4O4. The molecule has 0 aliphatic carbocycles. The highest BCUT2D eigenvalue weighted by Crippen LogP contribution is 2.38. The van der Waals surface area contributed by atoms with Crippen LogP contribution in [0.2, 0.25) is 0 Å². The first-order valence-electron chi connectivity index (χ1n) is 7.78. The highest BCUT2D eigenvalue weighted by Gasteiger charge is 2.32. The largest absolute Gasteiger partial charge is 0.493 e. The fourth-order valence-electron chi connectivity index (χ4n) is 2.71. The molecule has 1 N–H and O–H groups in total. The van der Waals surface area contributed by atoms with E-state index in [1.54, 1.807) is 29.3 Å². The molecule has 0 radical (unpaired) electrons. The summed E-state index contributed by atoms with van der Waals surface area (Å²) in [6, 6.07) is 5.29. The first-order chi connectivity index (χ1) is 12.2. The summed E-state index contributed by atoms with van der Waals surface area (Å²) in [5, 5.41) is 3.26. The fourth-order valence-corrected chi connectivity index (χ4v) is 2.71. The van der Waals surface area contributed by atoms with Crippen LogP contribution in [0, 0.1) is 0 Å². The number of nitrogens with zero attached hydrogens (tertiary/aromatic N) is 3. The molecule has 8 heteroatoms. The van der Waals surface area contributed by atoms with Crippen LogP contribution in [0.1, 0.15) is 10.4 Å². The number of hydrogen-bond acceptors (Lipinski definition) is 7. The van der Waals surface area contributed by atoms with Gasteiger partial charge >= 0.3 is 0 Å². The van der Waals surface area contributed by atoms with Gasteiger partial charge in [-0.2, -0.15) is 0 Å². The van der Waals surface area contributed by atoms with E-state index in [0.29, 0.717) is 35.9 Å². The summed E-state index contributed by atoms with van der Waals surface area (Å²) in [7, 11) is 4.58. The zero-order valence-electron chi connectivity index (χ0n) is 14.4. The van der Waals surface area contributed by atoms with Gasteiger partial charge in [0.15, 0.2) is 11.5 Å². The number of methoxy groups -OCH3 is 3. The first kappa shape index (κ1) is 16.8. The first-order valence-corrected chi connectivity index (χ1v) is 7.78. The molecule has 2 heterocycles. The van der Waals surface area contributed by atoms with Gasteiger partial charge in [-0.3, -0.25) is 4.79 Å². The number of carbonyl (C=O) groups is 1. The van der Waals surface area contributed by atoms with Gasteiger partial charge in [0, 0.05) is 24.8 Å². The van der Waals surface area contributed by atoms with Crippen LogP contribution in [0.15, 0.2) is 30.7 Å². The maximum atomic E-state index is 12.7. The molecule has 1 aromatic heterocycles. The predicted molar refractivity (Wildman–Crippen MR) is 91.4 cm³/mol. The van der Waals surface area contributed by atoms with E-state index in [-0.39, 0.29) is 11.9 Å². The van der Waals surface area contributed by atoms with Crippen LogP contribution in [-0.2, 0) is 0 Å². The molecule has 0 spiro atoms. The lowest BCUT2D eigenvalue weighted by atomic mass is 10.1. The van der Waals surface area contributed by atoms with E-state index < -0.39 is 0 Å². The normalized spacial score (nSPS) is 13.8. The second-order valence-electron chi connectivity index (χ2n) is 5.56. The molecule has 1 aliphatic heterocycles. The summed E-state index contributed by atoms with van der Waals surface area (Å²) in [5.41, 5.74) is 0.495. The molecule has 0 atom stereocenters. The Labute approximate surface area is 145 Å². The smallest absolute Gasteiger partial charge is 0.254 e. The van der Waals surface area contributed by atoms with Gasteiger partial charge in [-0.1, -0.05) is 0 Å². The number of anilines is 1. The topological polar surface area (TPSA) is 85.8 Å². The van der Waals surface area contributed by atoms with Crippen LogP contribution in [-0.4, -0.2) is 61.2 Å². The number of hydrogen-bond donors (Lipinski definition) is 1. The van der Waals surface area contributed by atoms with E-state index in [0.717, 1.165) is 5.82 Å². The Balaban J connectivity index is 1.68. The van der Waals surface area contributed by atoms with E-state index in [9.17, 15) is 4.79 Å². The predicted octanol–water partition coefficient (Wildman–Crippen LogP) is 1.44. The second-order valence-corrected chi connectivity index (χ2v) is 5.56. The molecule has 1 fully saturated rings. The van der Waals surface area contributed by atoms with Gasteiger partial charge in [0.25, 0.3) is 5.91 Å². The molecule has 3 rings (SSSR count). The van der Waals surface area contributed by atoms with Crippen molar-refractivity contribution in [2.24, 2.45) is 0 Å². The van der Waals surface area contributed by atoms with E-state index >= 15 is 0 Å². The minimum atomic E-state index is -0.0833. The molecule has 1 aromatic carbocycles. The number of benzene rings is 1. The van der Waals surface area contributed by atoms with Crippen molar-refractivity contribution in [1.82, 2.24) is 14.9 Å². The highest BCUT2D eigenvalue weighted by atomic mass is 16.5. The zero-order valence-corrected chi connectivity index (χ0v) is 14.4. The molecular weight excluding hydrogens is 324 g/mol.